The molecular formula is C13H15NO3S. The quantitative estimate of drug-likeness (QED) is 0.783. The van der Waals surface area contributed by atoms with E-state index in [1.807, 2.05) is 12.3 Å². The Morgan fingerprint density at radius 3 is 3.22 bits per heavy atom. The molecule has 0 saturated heterocycles. The lowest BCUT2D eigenvalue weighted by Crippen LogP contribution is -2.35. The van der Waals surface area contributed by atoms with Crippen molar-refractivity contribution >= 4 is 23.2 Å². The summed E-state index contributed by atoms with van der Waals surface area (Å²) in [6.45, 7) is 3.51. The number of nitrogens with zero attached hydrogens (tertiary/aromatic N) is 1. The highest BCUT2D eigenvalue weighted by Gasteiger charge is 2.37. The first-order valence-electron chi connectivity index (χ1n) is 6.25. The summed E-state index contributed by atoms with van der Waals surface area (Å²) in [4.78, 5) is 26.7. The third kappa shape index (κ3) is 1.73. The molecule has 1 aliphatic carbocycles. The van der Waals surface area contributed by atoms with E-state index in [2.05, 4.69) is 0 Å². The first-order chi connectivity index (χ1) is 8.70. The van der Waals surface area contributed by atoms with Crippen LogP contribution in [0.4, 0.5) is 4.79 Å². The summed E-state index contributed by atoms with van der Waals surface area (Å²) < 4.78 is 5.05. The van der Waals surface area contributed by atoms with Gasteiger partial charge < -0.3 is 9.64 Å². The monoisotopic (exact) mass is 265 g/mol. The molecular weight excluding hydrogens is 250 g/mol. The summed E-state index contributed by atoms with van der Waals surface area (Å²) in [5, 5.41) is 1.98. The zero-order chi connectivity index (χ0) is 12.7. The largest absolute Gasteiger partial charge is 0.450 e. The van der Waals surface area contributed by atoms with Crippen LogP contribution < -0.4 is 0 Å². The standard InChI is InChI=1S/C13H15NO3S/c1-2-17-13(16)14-4-3-11-12-8(6-14)5-10(15)9(12)7-18-11/h7-8H,2-6H2,1H3/t8-/m0/s1. The van der Waals surface area contributed by atoms with Gasteiger partial charge in [-0.25, -0.2) is 4.79 Å². The molecule has 3 rings (SSSR count). The Morgan fingerprint density at radius 1 is 1.61 bits per heavy atom. The third-order valence-corrected chi connectivity index (χ3v) is 4.69. The fraction of sp³-hybridized carbons (Fsp3) is 0.538. The lowest BCUT2D eigenvalue weighted by Gasteiger charge is -2.21. The SMILES string of the molecule is CCOC(=O)N1CCc2scc3c2[C@@H](CC3=O)C1. The van der Waals surface area contributed by atoms with Crippen LogP contribution in [0, 0.1) is 0 Å². The van der Waals surface area contributed by atoms with Gasteiger partial charge in [0.2, 0.25) is 0 Å². The Labute approximate surface area is 110 Å². The molecule has 0 bridgehead atoms. The van der Waals surface area contributed by atoms with Crippen molar-refractivity contribution in [3.05, 3.63) is 21.4 Å². The van der Waals surface area contributed by atoms with Crippen LogP contribution in [0.25, 0.3) is 0 Å². The minimum Gasteiger partial charge on any atom is -0.450 e. The van der Waals surface area contributed by atoms with E-state index in [1.165, 1.54) is 10.4 Å². The molecule has 2 aliphatic rings. The molecule has 5 heteroatoms. The molecule has 0 N–H and O–H groups in total. The van der Waals surface area contributed by atoms with Crippen molar-refractivity contribution in [2.75, 3.05) is 19.7 Å². The lowest BCUT2D eigenvalue weighted by atomic mass is 10.0. The van der Waals surface area contributed by atoms with Gasteiger partial charge in [-0.3, -0.25) is 4.79 Å². The maximum atomic E-state index is 11.9. The molecule has 96 valence electrons. The van der Waals surface area contributed by atoms with Crippen molar-refractivity contribution in [2.24, 2.45) is 0 Å². The van der Waals surface area contributed by atoms with Gasteiger partial charge in [-0.2, -0.15) is 0 Å². The van der Waals surface area contributed by atoms with Gasteiger partial charge in [0.25, 0.3) is 0 Å². The van der Waals surface area contributed by atoms with Crippen molar-refractivity contribution in [1.82, 2.24) is 4.90 Å². The smallest absolute Gasteiger partial charge is 0.409 e. The average Bonchev–Trinajstić information content (AvgIpc) is 2.82. The van der Waals surface area contributed by atoms with Crippen LogP contribution in [0.2, 0.25) is 0 Å². The number of thiophene rings is 1. The molecule has 2 heterocycles. The first-order valence-corrected chi connectivity index (χ1v) is 7.13. The molecule has 0 spiro atoms. The van der Waals surface area contributed by atoms with E-state index in [9.17, 15) is 9.59 Å². The number of hydrogen-bond donors (Lipinski definition) is 0. The molecule has 1 atom stereocenters. The van der Waals surface area contributed by atoms with Crippen LogP contribution in [0.3, 0.4) is 0 Å². The van der Waals surface area contributed by atoms with Gasteiger partial charge >= 0.3 is 6.09 Å². The molecule has 1 aromatic heterocycles. The molecule has 0 radical (unpaired) electrons. The van der Waals surface area contributed by atoms with Crippen molar-refractivity contribution in [1.29, 1.82) is 0 Å². The van der Waals surface area contributed by atoms with E-state index >= 15 is 0 Å². The Balaban J connectivity index is 1.86. The predicted molar refractivity (Wildman–Crippen MR) is 68.3 cm³/mol. The highest BCUT2D eigenvalue weighted by atomic mass is 32.1. The molecule has 1 amide bonds. The number of carbonyl (C=O) groups excluding carboxylic acids is 2. The van der Waals surface area contributed by atoms with Gasteiger partial charge in [-0.15, -0.1) is 11.3 Å². The number of carbonyl (C=O) groups is 2. The Hall–Kier alpha value is -1.36. The second-order valence-corrected chi connectivity index (χ2v) is 5.67. The number of rotatable bonds is 1. The maximum Gasteiger partial charge on any atom is 0.409 e. The topological polar surface area (TPSA) is 46.6 Å². The minimum atomic E-state index is -0.256. The van der Waals surface area contributed by atoms with Gasteiger partial charge in [0.15, 0.2) is 5.78 Å². The van der Waals surface area contributed by atoms with Crippen molar-refractivity contribution in [3.63, 3.8) is 0 Å². The van der Waals surface area contributed by atoms with Gasteiger partial charge in [0.05, 0.1) is 6.61 Å². The second-order valence-electron chi connectivity index (χ2n) is 4.71. The van der Waals surface area contributed by atoms with E-state index in [1.54, 1.807) is 16.2 Å². The maximum absolute atomic E-state index is 11.9. The lowest BCUT2D eigenvalue weighted by molar-refractivity contribution is 0.0956. The van der Waals surface area contributed by atoms with Crippen molar-refractivity contribution in [2.45, 2.75) is 25.7 Å². The zero-order valence-corrected chi connectivity index (χ0v) is 11.1. The zero-order valence-electron chi connectivity index (χ0n) is 10.3. The second kappa shape index (κ2) is 4.39. The fourth-order valence-corrected chi connectivity index (χ4v) is 3.96. The fourth-order valence-electron chi connectivity index (χ4n) is 2.83. The summed E-state index contributed by atoms with van der Waals surface area (Å²) >= 11 is 1.65. The molecule has 0 saturated carbocycles. The molecule has 0 aromatic carbocycles. The number of ketones is 1. The molecule has 4 nitrogen and oxygen atoms in total. The Kier molecular flexibility index (Phi) is 2.86. The number of ether oxygens (including phenoxy) is 1. The summed E-state index contributed by atoms with van der Waals surface area (Å²) in [5.41, 5.74) is 2.10. The van der Waals surface area contributed by atoms with E-state index in [0.29, 0.717) is 26.1 Å². The van der Waals surface area contributed by atoms with Crippen LogP contribution in [-0.2, 0) is 11.2 Å². The number of hydrogen-bond acceptors (Lipinski definition) is 4. The first kappa shape index (κ1) is 11.7. The van der Waals surface area contributed by atoms with Crippen molar-refractivity contribution < 1.29 is 14.3 Å². The van der Waals surface area contributed by atoms with Gasteiger partial charge in [0, 0.05) is 41.2 Å². The summed E-state index contributed by atoms with van der Waals surface area (Å²) in [6, 6.07) is 0. The molecule has 1 aromatic rings. The average molecular weight is 265 g/mol. The Bertz CT molecular complexity index is 508. The van der Waals surface area contributed by atoms with Crippen LogP contribution in [0.5, 0.6) is 0 Å². The number of Topliss-reactive ketones (excluding diaryl/α,β-unsaturated/α-hetero) is 1. The molecule has 1 aliphatic heterocycles. The van der Waals surface area contributed by atoms with Crippen LogP contribution in [-0.4, -0.2) is 36.5 Å². The summed E-state index contributed by atoms with van der Waals surface area (Å²) in [6.07, 6.45) is 1.12. The van der Waals surface area contributed by atoms with Crippen molar-refractivity contribution in [3.8, 4) is 0 Å². The van der Waals surface area contributed by atoms with Gasteiger partial charge in [0.1, 0.15) is 0 Å². The van der Waals surface area contributed by atoms with Crippen LogP contribution in [0.1, 0.15) is 40.1 Å². The van der Waals surface area contributed by atoms with E-state index in [-0.39, 0.29) is 17.8 Å². The van der Waals surface area contributed by atoms with Crippen LogP contribution >= 0.6 is 11.3 Å². The number of amides is 1. The van der Waals surface area contributed by atoms with E-state index in [4.69, 9.17) is 4.74 Å². The molecule has 0 fully saturated rings. The predicted octanol–water partition coefficient (Wildman–Crippen LogP) is 2.43. The molecule has 0 unspecified atom stereocenters. The van der Waals surface area contributed by atoms with E-state index in [0.717, 1.165) is 12.0 Å². The van der Waals surface area contributed by atoms with Crippen LogP contribution in [0.15, 0.2) is 5.38 Å². The van der Waals surface area contributed by atoms with E-state index < -0.39 is 0 Å². The summed E-state index contributed by atoms with van der Waals surface area (Å²) in [5.74, 6) is 0.406. The third-order valence-electron chi connectivity index (χ3n) is 3.63. The highest BCUT2D eigenvalue weighted by Crippen LogP contribution is 2.41. The summed E-state index contributed by atoms with van der Waals surface area (Å²) in [7, 11) is 0. The molecule has 18 heavy (non-hydrogen) atoms. The normalized spacial score (nSPS) is 21.7. The van der Waals surface area contributed by atoms with Gasteiger partial charge in [-0.05, 0) is 18.9 Å². The van der Waals surface area contributed by atoms with Gasteiger partial charge in [-0.1, -0.05) is 0 Å². The Morgan fingerprint density at radius 2 is 2.44 bits per heavy atom. The highest BCUT2D eigenvalue weighted by molar-refractivity contribution is 7.10. The minimum absolute atomic E-state index is 0.181.